The molecule has 1 heterocycles. The molecule has 2 amide bonds. The first-order valence-electron chi connectivity index (χ1n) is 8.03. The van der Waals surface area contributed by atoms with E-state index in [0.717, 1.165) is 0 Å². The smallest absolute Gasteiger partial charge is 0.269 e. The molecule has 130 valence electrons. The molecule has 2 aromatic rings. The Morgan fingerprint density at radius 1 is 1.04 bits per heavy atom. The zero-order valence-corrected chi connectivity index (χ0v) is 14.5. The van der Waals surface area contributed by atoms with Crippen molar-refractivity contribution in [3.05, 3.63) is 59.4 Å². The summed E-state index contributed by atoms with van der Waals surface area (Å²) in [5, 5.41) is 5.48. The third-order valence-corrected chi connectivity index (χ3v) is 3.45. The lowest BCUT2D eigenvalue weighted by Gasteiger charge is -2.09. The summed E-state index contributed by atoms with van der Waals surface area (Å²) in [6.45, 7) is 5.99. The summed E-state index contributed by atoms with van der Waals surface area (Å²) in [7, 11) is 0. The van der Waals surface area contributed by atoms with E-state index in [1.807, 2.05) is 13.8 Å². The number of nitrogens with zero attached hydrogens (tertiary/aromatic N) is 1. The van der Waals surface area contributed by atoms with Crippen molar-refractivity contribution in [3.8, 4) is 0 Å². The van der Waals surface area contributed by atoms with Gasteiger partial charge in [0, 0.05) is 29.6 Å². The molecule has 0 aliphatic heterocycles. The standard InChI is InChI=1S/C19H21N3O3/c1-12(2)11-21-19(25)17-10-15(7-8-20-17)18(24)22-16-6-4-5-14(9-16)13(3)23/h4-10,12H,11H2,1-3H3,(H,21,25)(H,22,24). The highest BCUT2D eigenvalue weighted by molar-refractivity contribution is 6.06. The van der Waals surface area contributed by atoms with E-state index in [2.05, 4.69) is 15.6 Å². The number of anilines is 1. The fraction of sp³-hybridized carbons (Fsp3) is 0.263. The highest BCUT2D eigenvalue weighted by Crippen LogP contribution is 2.13. The molecule has 25 heavy (non-hydrogen) atoms. The van der Waals surface area contributed by atoms with Crippen LogP contribution in [0.1, 0.15) is 52.0 Å². The molecular formula is C19H21N3O3. The number of benzene rings is 1. The Bertz CT molecular complexity index is 800. The summed E-state index contributed by atoms with van der Waals surface area (Å²) in [6, 6.07) is 9.66. The molecule has 0 atom stereocenters. The first-order chi connectivity index (χ1) is 11.9. The molecule has 0 unspecified atom stereocenters. The number of nitrogens with one attached hydrogen (secondary N) is 2. The number of rotatable bonds is 6. The average Bonchev–Trinajstić information content (AvgIpc) is 2.60. The number of aromatic nitrogens is 1. The molecule has 2 rings (SSSR count). The van der Waals surface area contributed by atoms with Gasteiger partial charge in [-0.2, -0.15) is 0 Å². The van der Waals surface area contributed by atoms with Crippen LogP contribution < -0.4 is 10.6 Å². The zero-order chi connectivity index (χ0) is 18.4. The molecule has 0 bridgehead atoms. The summed E-state index contributed by atoms with van der Waals surface area (Å²) in [5.74, 6) is -0.448. The minimum Gasteiger partial charge on any atom is -0.350 e. The van der Waals surface area contributed by atoms with Gasteiger partial charge in [0.15, 0.2) is 5.78 Å². The summed E-state index contributed by atoms with van der Waals surface area (Å²) in [6.07, 6.45) is 1.42. The van der Waals surface area contributed by atoms with Crippen molar-refractivity contribution in [2.24, 2.45) is 5.92 Å². The molecule has 1 aromatic heterocycles. The monoisotopic (exact) mass is 339 g/mol. The van der Waals surface area contributed by atoms with Crippen LogP contribution in [0.3, 0.4) is 0 Å². The Hall–Kier alpha value is -3.02. The van der Waals surface area contributed by atoms with Crippen molar-refractivity contribution in [1.82, 2.24) is 10.3 Å². The third-order valence-electron chi connectivity index (χ3n) is 3.45. The second-order valence-corrected chi connectivity index (χ2v) is 6.12. The maximum atomic E-state index is 12.4. The lowest BCUT2D eigenvalue weighted by molar-refractivity contribution is 0.0943. The first kappa shape index (κ1) is 18.3. The Morgan fingerprint density at radius 2 is 1.80 bits per heavy atom. The van der Waals surface area contributed by atoms with Crippen LogP contribution in [0.4, 0.5) is 5.69 Å². The van der Waals surface area contributed by atoms with Crippen LogP contribution in [0.5, 0.6) is 0 Å². The summed E-state index contributed by atoms with van der Waals surface area (Å²) in [5.41, 5.74) is 1.53. The lowest BCUT2D eigenvalue weighted by atomic mass is 10.1. The zero-order valence-electron chi connectivity index (χ0n) is 14.5. The van der Waals surface area contributed by atoms with Crippen LogP contribution in [0, 0.1) is 5.92 Å². The summed E-state index contributed by atoms with van der Waals surface area (Å²) in [4.78, 5) is 39.9. The Labute approximate surface area is 146 Å². The molecule has 0 aliphatic rings. The minimum atomic E-state index is -0.374. The number of carbonyl (C=O) groups excluding carboxylic acids is 3. The van der Waals surface area contributed by atoms with Crippen molar-refractivity contribution in [3.63, 3.8) is 0 Å². The molecule has 0 fully saturated rings. The molecule has 6 nitrogen and oxygen atoms in total. The highest BCUT2D eigenvalue weighted by Gasteiger charge is 2.12. The molecule has 0 radical (unpaired) electrons. The van der Waals surface area contributed by atoms with Crippen molar-refractivity contribution in [2.45, 2.75) is 20.8 Å². The van der Waals surface area contributed by atoms with Gasteiger partial charge in [0.1, 0.15) is 5.69 Å². The number of carbonyl (C=O) groups is 3. The van der Waals surface area contributed by atoms with E-state index in [0.29, 0.717) is 29.3 Å². The molecule has 0 saturated heterocycles. The normalized spacial score (nSPS) is 10.4. The number of hydrogen-bond donors (Lipinski definition) is 2. The third kappa shape index (κ3) is 5.24. The van der Waals surface area contributed by atoms with E-state index in [4.69, 9.17) is 0 Å². The number of hydrogen-bond acceptors (Lipinski definition) is 4. The van der Waals surface area contributed by atoms with Crippen LogP contribution in [-0.4, -0.2) is 29.1 Å². The number of amides is 2. The van der Waals surface area contributed by atoms with Gasteiger partial charge < -0.3 is 10.6 Å². The van der Waals surface area contributed by atoms with Crippen molar-refractivity contribution in [1.29, 1.82) is 0 Å². The quantitative estimate of drug-likeness (QED) is 0.792. The van der Waals surface area contributed by atoms with Gasteiger partial charge in [-0.3, -0.25) is 19.4 Å². The fourth-order valence-corrected chi connectivity index (χ4v) is 2.10. The second-order valence-electron chi connectivity index (χ2n) is 6.12. The van der Waals surface area contributed by atoms with Gasteiger partial charge in [0.25, 0.3) is 11.8 Å². The maximum absolute atomic E-state index is 12.4. The van der Waals surface area contributed by atoms with Crippen LogP contribution >= 0.6 is 0 Å². The molecule has 1 aromatic carbocycles. The Balaban J connectivity index is 2.12. The largest absolute Gasteiger partial charge is 0.350 e. The highest BCUT2D eigenvalue weighted by atomic mass is 16.2. The fourth-order valence-electron chi connectivity index (χ4n) is 2.10. The van der Waals surface area contributed by atoms with Crippen LogP contribution in [0.2, 0.25) is 0 Å². The molecule has 0 aliphatic carbocycles. The van der Waals surface area contributed by atoms with Crippen molar-refractivity contribution >= 4 is 23.3 Å². The molecular weight excluding hydrogens is 318 g/mol. The first-order valence-corrected chi connectivity index (χ1v) is 8.03. The van der Waals surface area contributed by atoms with E-state index in [1.165, 1.54) is 25.3 Å². The summed E-state index contributed by atoms with van der Waals surface area (Å²) < 4.78 is 0. The van der Waals surface area contributed by atoms with Gasteiger partial charge in [0.2, 0.25) is 0 Å². The lowest BCUT2D eigenvalue weighted by Crippen LogP contribution is -2.28. The molecule has 6 heteroatoms. The van der Waals surface area contributed by atoms with Crippen LogP contribution in [-0.2, 0) is 0 Å². The predicted molar refractivity (Wildman–Crippen MR) is 95.8 cm³/mol. The number of Topliss-reactive ketones (excluding diaryl/α,β-unsaturated/α-hetero) is 1. The van der Waals surface area contributed by atoms with Crippen molar-refractivity contribution < 1.29 is 14.4 Å². The van der Waals surface area contributed by atoms with Gasteiger partial charge in [-0.15, -0.1) is 0 Å². The Morgan fingerprint density at radius 3 is 2.48 bits per heavy atom. The topological polar surface area (TPSA) is 88.2 Å². The Kier molecular flexibility index (Phi) is 6.00. The van der Waals surface area contributed by atoms with Crippen molar-refractivity contribution in [2.75, 3.05) is 11.9 Å². The van der Waals surface area contributed by atoms with Gasteiger partial charge >= 0.3 is 0 Å². The van der Waals surface area contributed by atoms with Gasteiger partial charge in [0.05, 0.1) is 0 Å². The number of pyridine rings is 1. The van der Waals surface area contributed by atoms with E-state index >= 15 is 0 Å². The van der Waals surface area contributed by atoms with E-state index in [1.54, 1.807) is 24.3 Å². The van der Waals surface area contributed by atoms with Gasteiger partial charge in [-0.1, -0.05) is 26.0 Å². The molecule has 0 spiro atoms. The predicted octanol–water partition coefficient (Wildman–Crippen LogP) is 2.92. The van der Waals surface area contributed by atoms with Crippen LogP contribution in [0.25, 0.3) is 0 Å². The molecule has 2 N–H and O–H groups in total. The SMILES string of the molecule is CC(=O)c1cccc(NC(=O)c2ccnc(C(=O)NCC(C)C)c2)c1. The van der Waals surface area contributed by atoms with E-state index < -0.39 is 0 Å². The second kappa shape index (κ2) is 8.19. The number of ketones is 1. The minimum absolute atomic E-state index is 0.0795. The maximum Gasteiger partial charge on any atom is 0.269 e. The van der Waals surface area contributed by atoms with E-state index in [-0.39, 0.29) is 23.3 Å². The molecule has 0 saturated carbocycles. The van der Waals surface area contributed by atoms with E-state index in [9.17, 15) is 14.4 Å². The van der Waals surface area contributed by atoms with Gasteiger partial charge in [-0.25, -0.2) is 0 Å². The summed E-state index contributed by atoms with van der Waals surface area (Å²) >= 11 is 0. The van der Waals surface area contributed by atoms with Gasteiger partial charge in [-0.05, 0) is 37.1 Å². The average molecular weight is 339 g/mol. The van der Waals surface area contributed by atoms with Crippen LogP contribution in [0.15, 0.2) is 42.6 Å².